The van der Waals surface area contributed by atoms with E-state index in [0.29, 0.717) is 17.2 Å². The second kappa shape index (κ2) is 5.02. The molecule has 1 N–H and O–H groups in total. The van der Waals surface area contributed by atoms with E-state index >= 15 is 0 Å². The van der Waals surface area contributed by atoms with Crippen LogP contribution in [0.1, 0.15) is 50.3 Å². The number of sulfone groups is 1. The van der Waals surface area contributed by atoms with Gasteiger partial charge in [0, 0.05) is 6.04 Å². The molecule has 1 aliphatic heterocycles. The Bertz CT molecular complexity index is 535. The number of benzene rings is 1. The van der Waals surface area contributed by atoms with Gasteiger partial charge in [-0.3, -0.25) is 0 Å². The molecule has 3 nitrogen and oxygen atoms in total. The fourth-order valence-corrected chi connectivity index (χ4v) is 4.08. The summed E-state index contributed by atoms with van der Waals surface area (Å²) in [5, 5.41) is 3.38. The van der Waals surface area contributed by atoms with Gasteiger partial charge in [0.1, 0.15) is 0 Å². The van der Waals surface area contributed by atoms with Gasteiger partial charge in [0.05, 0.1) is 10.6 Å². The molecule has 0 aromatic heterocycles. The number of hydrogen-bond donors (Lipinski definition) is 1. The molecule has 2 rings (SSSR count). The van der Waals surface area contributed by atoms with Gasteiger partial charge >= 0.3 is 0 Å². The van der Waals surface area contributed by atoms with Crippen molar-refractivity contribution in [3.05, 3.63) is 29.3 Å². The van der Waals surface area contributed by atoms with Crippen molar-refractivity contribution in [3.8, 4) is 0 Å². The van der Waals surface area contributed by atoms with E-state index in [1.165, 1.54) is 5.56 Å². The predicted octanol–water partition coefficient (Wildman–Crippen LogP) is 2.64. The molecule has 1 aliphatic rings. The molecule has 4 heteroatoms. The summed E-state index contributed by atoms with van der Waals surface area (Å²) in [6.45, 7) is 7.16. The average Bonchev–Trinajstić information content (AvgIpc) is 2.32. The van der Waals surface area contributed by atoms with Crippen molar-refractivity contribution >= 4 is 9.84 Å². The highest BCUT2D eigenvalue weighted by Gasteiger charge is 2.30. The van der Waals surface area contributed by atoms with Gasteiger partial charge < -0.3 is 5.32 Å². The molecule has 0 saturated carbocycles. The van der Waals surface area contributed by atoms with E-state index < -0.39 is 9.84 Å². The first-order valence-electron chi connectivity index (χ1n) is 6.55. The quantitative estimate of drug-likeness (QED) is 0.915. The van der Waals surface area contributed by atoms with Crippen LogP contribution < -0.4 is 5.32 Å². The normalized spacial score (nSPS) is 21.9. The highest BCUT2D eigenvalue weighted by atomic mass is 32.2. The van der Waals surface area contributed by atoms with Crippen molar-refractivity contribution in [1.29, 1.82) is 0 Å². The molecular weight excluding hydrogens is 246 g/mol. The Morgan fingerprint density at radius 1 is 1.39 bits per heavy atom. The molecule has 100 valence electrons. The molecule has 0 aliphatic carbocycles. The molecule has 0 fully saturated rings. The molecule has 1 atom stereocenters. The SMILES string of the molecule is CCNC1CCS(=O)(=O)c2ccc(C(C)C)cc21. The fourth-order valence-electron chi connectivity index (χ4n) is 2.48. The summed E-state index contributed by atoms with van der Waals surface area (Å²) in [6.07, 6.45) is 0.671. The van der Waals surface area contributed by atoms with Crippen molar-refractivity contribution in [2.45, 2.75) is 44.0 Å². The number of fused-ring (bicyclic) bond motifs is 1. The van der Waals surface area contributed by atoms with Gasteiger partial charge in [-0.15, -0.1) is 0 Å². The number of rotatable bonds is 3. The first-order chi connectivity index (χ1) is 8.45. The largest absolute Gasteiger partial charge is 0.310 e. The first kappa shape index (κ1) is 13.6. The summed E-state index contributed by atoms with van der Waals surface area (Å²) in [5.41, 5.74) is 2.16. The van der Waals surface area contributed by atoms with Crippen LogP contribution in [0.3, 0.4) is 0 Å². The second-order valence-corrected chi connectivity index (χ2v) is 7.25. The number of nitrogens with one attached hydrogen (secondary N) is 1. The van der Waals surface area contributed by atoms with Crippen molar-refractivity contribution in [2.24, 2.45) is 0 Å². The van der Waals surface area contributed by atoms with Crippen LogP contribution in [0.25, 0.3) is 0 Å². The zero-order chi connectivity index (χ0) is 13.3. The minimum atomic E-state index is -3.08. The van der Waals surface area contributed by atoms with Crippen LogP contribution >= 0.6 is 0 Å². The predicted molar refractivity (Wildman–Crippen MR) is 73.6 cm³/mol. The Hall–Kier alpha value is -0.870. The van der Waals surface area contributed by atoms with Gasteiger partial charge in [-0.05, 0) is 36.1 Å². The molecule has 0 spiro atoms. The van der Waals surface area contributed by atoms with E-state index in [1.54, 1.807) is 6.07 Å². The minimum absolute atomic E-state index is 0.173. The van der Waals surface area contributed by atoms with Gasteiger partial charge in [0.15, 0.2) is 9.84 Å². The third kappa shape index (κ3) is 2.45. The molecule has 0 bridgehead atoms. The highest BCUT2D eigenvalue weighted by Crippen LogP contribution is 2.34. The molecule has 18 heavy (non-hydrogen) atoms. The van der Waals surface area contributed by atoms with Crippen LogP contribution in [0.5, 0.6) is 0 Å². The van der Waals surface area contributed by atoms with Crippen LogP contribution in [-0.4, -0.2) is 20.7 Å². The minimum Gasteiger partial charge on any atom is -0.310 e. The van der Waals surface area contributed by atoms with E-state index in [0.717, 1.165) is 12.1 Å². The van der Waals surface area contributed by atoms with E-state index in [1.807, 2.05) is 6.07 Å². The van der Waals surface area contributed by atoms with Gasteiger partial charge in [-0.2, -0.15) is 0 Å². The Morgan fingerprint density at radius 3 is 2.72 bits per heavy atom. The maximum absolute atomic E-state index is 12.1. The van der Waals surface area contributed by atoms with Gasteiger partial charge in [0.2, 0.25) is 0 Å². The first-order valence-corrected chi connectivity index (χ1v) is 8.21. The Balaban J connectivity index is 2.53. The van der Waals surface area contributed by atoms with Gasteiger partial charge in [-0.1, -0.05) is 32.9 Å². The lowest BCUT2D eigenvalue weighted by molar-refractivity contribution is 0.504. The van der Waals surface area contributed by atoms with Crippen LogP contribution in [0.15, 0.2) is 23.1 Å². The van der Waals surface area contributed by atoms with E-state index in [-0.39, 0.29) is 11.8 Å². The van der Waals surface area contributed by atoms with Crippen LogP contribution in [0.4, 0.5) is 0 Å². The second-order valence-electron chi connectivity index (χ2n) is 5.17. The summed E-state index contributed by atoms with van der Waals surface area (Å²) in [5.74, 6) is 0.667. The third-order valence-electron chi connectivity index (χ3n) is 3.54. The fraction of sp³-hybridized carbons (Fsp3) is 0.571. The molecule has 0 radical (unpaired) electrons. The van der Waals surface area contributed by atoms with Gasteiger partial charge in [0.25, 0.3) is 0 Å². The molecule has 1 aromatic carbocycles. The topological polar surface area (TPSA) is 46.2 Å². The summed E-state index contributed by atoms with van der Waals surface area (Å²) < 4.78 is 24.2. The maximum atomic E-state index is 12.1. The van der Waals surface area contributed by atoms with E-state index in [2.05, 4.69) is 32.2 Å². The van der Waals surface area contributed by atoms with Gasteiger partial charge in [-0.25, -0.2) is 8.42 Å². The Kier molecular flexibility index (Phi) is 3.78. The zero-order valence-electron chi connectivity index (χ0n) is 11.2. The van der Waals surface area contributed by atoms with Crippen LogP contribution in [0.2, 0.25) is 0 Å². The standard InChI is InChI=1S/C14H21NO2S/c1-4-15-13-7-8-18(16,17)14-6-5-11(10(2)3)9-12(13)14/h5-6,9-10,13,15H,4,7-8H2,1-3H3. The highest BCUT2D eigenvalue weighted by molar-refractivity contribution is 7.91. The Labute approximate surface area is 110 Å². The smallest absolute Gasteiger partial charge is 0.178 e. The van der Waals surface area contributed by atoms with Crippen molar-refractivity contribution < 1.29 is 8.42 Å². The summed E-state index contributed by atoms with van der Waals surface area (Å²) in [4.78, 5) is 0.518. The van der Waals surface area contributed by atoms with Crippen LogP contribution in [-0.2, 0) is 9.84 Å². The lowest BCUT2D eigenvalue weighted by atomic mass is 9.96. The maximum Gasteiger partial charge on any atom is 0.178 e. The molecular formula is C14H21NO2S. The van der Waals surface area contributed by atoms with Crippen molar-refractivity contribution in [2.75, 3.05) is 12.3 Å². The summed E-state index contributed by atoms with van der Waals surface area (Å²) >= 11 is 0. The molecule has 1 unspecified atom stereocenters. The zero-order valence-corrected chi connectivity index (χ0v) is 12.0. The molecule has 1 heterocycles. The Morgan fingerprint density at radius 2 is 2.11 bits per heavy atom. The molecule has 1 aromatic rings. The lowest BCUT2D eigenvalue weighted by Crippen LogP contribution is -2.29. The van der Waals surface area contributed by atoms with E-state index in [4.69, 9.17) is 0 Å². The van der Waals surface area contributed by atoms with E-state index in [9.17, 15) is 8.42 Å². The number of hydrogen-bond acceptors (Lipinski definition) is 3. The summed E-state index contributed by atoms with van der Waals surface area (Å²) in [6, 6.07) is 5.95. The summed E-state index contributed by atoms with van der Waals surface area (Å²) in [7, 11) is -3.08. The van der Waals surface area contributed by atoms with Crippen molar-refractivity contribution in [3.63, 3.8) is 0 Å². The lowest BCUT2D eigenvalue weighted by Gasteiger charge is -2.27. The average molecular weight is 267 g/mol. The molecule has 0 saturated heterocycles. The molecule has 0 amide bonds. The monoisotopic (exact) mass is 267 g/mol. The van der Waals surface area contributed by atoms with Crippen molar-refractivity contribution in [1.82, 2.24) is 5.32 Å². The van der Waals surface area contributed by atoms with Crippen LogP contribution in [0, 0.1) is 0 Å². The third-order valence-corrected chi connectivity index (χ3v) is 5.35.